The Morgan fingerprint density at radius 1 is 1.43 bits per heavy atom. The van der Waals surface area contributed by atoms with Gasteiger partial charge >= 0.3 is 0 Å². The molecule has 0 bridgehead atoms. The van der Waals surface area contributed by atoms with Crippen molar-refractivity contribution in [3.05, 3.63) is 29.6 Å². The van der Waals surface area contributed by atoms with E-state index in [0.717, 1.165) is 18.2 Å². The number of halogens is 1. The number of hydrogen-bond donors (Lipinski definition) is 2. The highest BCUT2D eigenvalue weighted by Gasteiger charge is 2.29. The lowest BCUT2D eigenvalue weighted by Crippen LogP contribution is -2.39. The van der Waals surface area contributed by atoms with Crippen molar-refractivity contribution in [1.29, 1.82) is 0 Å². The average Bonchev–Trinajstić information content (AvgIpc) is 2.88. The molecule has 114 valence electrons. The lowest BCUT2D eigenvalue weighted by atomic mass is 10.1. The third kappa shape index (κ3) is 3.51. The molecule has 2 N–H and O–H groups in total. The Morgan fingerprint density at radius 3 is 2.81 bits per heavy atom. The van der Waals surface area contributed by atoms with Crippen molar-refractivity contribution in [1.82, 2.24) is 10.2 Å². The minimum atomic E-state index is -0.582. The van der Waals surface area contributed by atoms with Crippen molar-refractivity contribution in [2.24, 2.45) is 5.92 Å². The fourth-order valence-electron chi connectivity index (χ4n) is 2.40. The van der Waals surface area contributed by atoms with Crippen molar-refractivity contribution < 1.29 is 19.1 Å². The smallest absolute Gasteiger partial charge is 0.255 e. The van der Waals surface area contributed by atoms with E-state index in [1.54, 1.807) is 4.90 Å². The van der Waals surface area contributed by atoms with Crippen LogP contribution >= 0.6 is 0 Å². The first-order valence-corrected chi connectivity index (χ1v) is 6.96. The molecular formula is C15H19FN2O3. The Balaban J connectivity index is 1.98. The summed E-state index contributed by atoms with van der Waals surface area (Å²) in [5, 5.41) is 12.3. The van der Waals surface area contributed by atoms with E-state index in [9.17, 15) is 19.1 Å². The van der Waals surface area contributed by atoms with E-state index in [1.807, 2.05) is 13.8 Å². The van der Waals surface area contributed by atoms with Gasteiger partial charge in [0.05, 0.1) is 5.56 Å². The van der Waals surface area contributed by atoms with Crippen LogP contribution in [0.15, 0.2) is 18.2 Å². The maximum Gasteiger partial charge on any atom is 0.255 e. The molecule has 0 aromatic heterocycles. The van der Waals surface area contributed by atoms with E-state index < -0.39 is 11.7 Å². The third-order valence-electron chi connectivity index (χ3n) is 3.53. The molecule has 5 nitrogen and oxygen atoms in total. The van der Waals surface area contributed by atoms with E-state index in [1.165, 1.54) is 0 Å². The largest absolute Gasteiger partial charge is 0.507 e. The first-order valence-electron chi connectivity index (χ1n) is 6.96. The zero-order valence-corrected chi connectivity index (χ0v) is 12.1. The number of phenolic OH excluding ortho intramolecular Hbond substituents is 1. The van der Waals surface area contributed by atoms with Gasteiger partial charge in [0.15, 0.2) is 0 Å². The summed E-state index contributed by atoms with van der Waals surface area (Å²) in [6.07, 6.45) is 0.653. The van der Waals surface area contributed by atoms with Crippen molar-refractivity contribution in [2.75, 3.05) is 13.1 Å². The van der Waals surface area contributed by atoms with Gasteiger partial charge in [-0.2, -0.15) is 0 Å². The fourth-order valence-corrected chi connectivity index (χ4v) is 2.40. The predicted octanol–water partition coefficient (Wildman–Crippen LogP) is 1.52. The molecule has 1 aromatic rings. The Labute approximate surface area is 122 Å². The van der Waals surface area contributed by atoms with Gasteiger partial charge in [-0.05, 0) is 24.6 Å². The lowest BCUT2D eigenvalue weighted by molar-refractivity contribution is -0.133. The second-order valence-corrected chi connectivity index (χ2v) is 5.56. The highest BCUT2D eigenvalue weighted by atomic mass is 19.1. The molecule has 0 radical (unpaired) electrons. The van der Waals surface area contributed by atoms with E-state index in [4.69, 9.17) is 0 Å². The van der Waals surface area contributed by atoms with E-state index in [0.29, 0.717) is 19.5 Å². The summed E-state index contributed by atoms with van der Waals surface area (Å²) in [5.41, 5.74) is -0.0939. The summed E-state index contributed by atoms with van der Waals surface area (Å²) in [7, 11) is 0. The highest BCUT2D eigenvalue weighted by molar-refractivity contribution is 5.97. The van der Waals surface area contributed by atoms with Crippen molar-refractivity contribution in [3.63, 3.8) is 0 Å². The number of benzene rings is 1. The minimum absolute atomic E-state index is 0.0559. The van der Waals surface area contributed by atoms with E-state index >= 15 is 0 Å². The molecule has 2 amide bonds. The van der Waals surface area contributed by atoms with E-state index in [2.05, 4.69) is 5.32 Å². The minimum Gasteiger partial charge on any atom is -0.507 e. The molecule has 0 saturated carbocycles. The third-order valence-corrected chi connectivity index (χ3v) is 3.53. The van der Waals surface area contributed by atoms with E-state index in [-0.39, 0.29) is 29.2 Å². The Morgan fingerprint density at radius 2 is 2.14 bits per heavy atom. The molecule has 6 heteroatoms. The van der Waals surface area contributed by atoms with Gasteiger partial charge in [-0.3, -0.25) is 9.59 Å². The molecule has 0 aliphatic carbocycles. The van der Waals surface area contributed by atoms with Gasteiger partial charge in [-0.1, -0.05) is 13.8 Å². The van der Waals surface area contributed by atoms with Gasteiger partial charge in [-0.25, -0.2) is 4.39 Å². The standard InChI is InChI=1S/C15H19FN2O3/c1-9(2)15(21)18-6-5-11(8-18)17-14(20)12-7-10(16)3-4-13(12)19/h3-4,7,9,11,19H,5-6,8H2,1-2H3,(H,17,20). The molecular weight excluding hydrogens is 275 g/mol. The highest BCUT2D eigenvalue weighted by Crippen LogP contribution is 2.19. The van der Waals surface area contributed by atoms with Gasteiger partial charge < -0.3 is 15.3 Å². The second kappa shape index (κ2) is 6.11. The van der Waals surface area contributed by atoms with Gasteiger partial charge in [0.2, 0.25) is 5.91 Å². The molecule has 1 saturated heterocycles. The van der Waals surface area contributed by atoms with Crippen LogP contribution in [0.1, 0.15) is 30.6 Å². The zero-order valence-electron chi connectivity index (χ0n) is 12.1. The van der Waals surface area contributed by atoms with Crippen LogP contribution in [0.5, 0.6) is 5.75 Å². The fraction of sp³-hybridized carbons (Fsp3) is 0.467. The number of hydrogen-bond acceptors (Lipinski definition) is 3. The van der Waals surface area contributed by atoms with Gasteiger partial charge in [0.1, 0.15) is 11.6 Å². The average molecular weight is 294 g/mol. The molecule has 1 unspecified atom stereocenters. The Kier molecular flexibility index (Phi) is 4.45. The van der Waals surface area contributed by atoms with Crippen LogP contribution in [0.25, 0.3) is 0 Å². The summed E-state index contributed by atoms with van der Waals surface area (Å²) in [5.74, 6) is -1.40. The monoisotopic (exact) mass is 294 g/mol. The number of carbonyl (C=O) groups is 2. The SMILES string of the molecule is CC(C)C(=O)N1CCC(NC(=O)c2cc(F)ccc2O)C1. The molecule has 2 rings (SSSR count). The van der Waals surface area contributed by atoms with Crippen LogP contribution in [0.3, 0.4) is 0 Å². The van der Waals surface area contributed by atoms with Gasteiger partial charge in [0.25, 0.3) is 5.91 Å². The van der Waals surface area contributed by atoms with Crippen LogP contribution in [0, 0.1) is 11.7 Å². The zero-order chi connectivity index (χ0) is 15.6. The van der Waals surface area contributed by atoms with Crippen LogP contribution in [-0.4, -0.2) is 41.0 Å². The van der Waals surface area contributed by atoms with Crippen LogP contribution < -0.4 is 5.32 Å². The molecule has 1 aliphatic rings. The number of nitrogens with one attached hydrogen (secondary N) is 1. The lowest BCUT2D eigenvalue weighted by Gasteiger charge is -2.19. The molecule has 1 fully saturated rings. The summed E-state index contributed by atoms with van der Waals surface area (Å²) in [6, 6.07) is 3.05. The predicted molar refractivity (Wildman–Crippen MR) is 75.4 cm³/mol. The maximum atomic E-state index is 13.1. The van der Waals surface area contributed by atoms with Crippen LogP contribution in [0.4, 0.5) is 4.39 Å². The number of nitrogens with zero attached hydrogens (tertiary/aromatic N) is 1. The molecule has 1 aromatic carbocycles. The van der Waals surface area contributed by atoms with Crippen molar-refractivity contribution in [2.45, 2.75) is 26.3 Å². The molecule has 1 aliphatic heterocycles. The van der Waals surface area contributed by atoms with Crippen molar-refractivity contribution in [3.8, 4) is 5.75 Å². The number of amides is 2. The number of carbonyl (C=O) groups excluding carboxylic acids is 2. The number of phenols is 1. The van der Waals surface area contributed by atoms with Crippen molar-refractivity contribution >= 4 is 11.8 Å². The van der Waals surface area contributed by atoms with Gasteiger partial charge in [-0.15, -0.1) is 0 Å². The summed E-state index contributed by atoms with van der Waals surface area (Å²) in [6.45, 7) is 4.70. The molecule has 1 heterocycles. The maximum absolute atomic E-state index is 13.1. The van der Waals surface area contributed by atoms with Crippen LogP contribution in [-0.2, 0) is 4.79 Å². The van der Waals surface area contributed by atoms with Crippen LogP contribution in [0.2, 0.25) is 0 Å². The summed E-state index contributed by atoms with van der Waals surface area (Å²) < 4.78 is 13.1. The first-order chi connectivity index (χ1) is 9.88. The quantitative estimate of drug-likeness (QED) is 0.888. The molecule has 21 heavy (non-hydrogen) atoms. The second-order valence-electron chi connectivity index (χ2n) is 5.56. The molecule has 0 spiro atoms. The Bertz CT molecular complexity index is 560. The molecule has 1 atom stereocenters. The topological polar surface area (TPSA) is 69.6 Å². The number of rotatable bonds is 3. The number of likely N-dealkylation sites (tertiary alicyclic amines) is 1. The normalized spacial score (nSPS) is 18.1. The summed E-state index contributed by atoms with van der Waals surface area (Å²) in [4.78, 5) is 25.6. The number of aromatic hydroxyl groups is 1. The van der Waals surface area contributed by atoms with Gasteiger partial charge in [0, 0.05) is 25.0 Å². The first kappa shape index (κ1) is 15.3. The Hall–Kier alpha value is -2.11. The summed E-state index contributed by atoms with van der Waals surface area (Å²) >= 11 is 0.